The van der Waals surface area contributed by atoms with E-state index in [0.29, 0.717) is 13.0 Å². The zero-order valence-electron chi connectivity index (χ0n) is 22.8. The number of hydrogen-bond donors (Lipinski definition) is 3. The molecule has 210 valence electrons. The van der Waals surface area contributed by atoms with E-state index < -0.39 is 52.8 Å². The van der Waals surface area contributed by atoms with Crippen LogP contribution in [-0.2, 0) is 23.9 Å². The summed E-state index contributed by atoms with van der Waals surface area (Å²) >= 11 is 0. The van der Waals surface area contributed by atoms with Crippen molar-refractivity contribution in [3.05, 3.63) is 0 Å². The van der Waals surface area contributed by atoms with Gasteiger partial charge in [0.1, 0.15) is 17.7 Å². The first-order chi connectivity index (χ1) is 16.3. The minimum atomic E-state index is -1.08. The normalized spacial score (nSPS) is 25.6. The molecule has 3 rings (SSSR count). The van der Waals surface area contributed by atoms with E-state index >= 15 is 0 Å². The highest BCUT2D eigenvalue weighted by Crippen LogP contribution is 2.65. The highest BCUT2D eigenvalue weighted by atomic mass is 16.6. The Morgan fingerprint density at radius 2 is 1.59 bits per heavy atom. The zero-order valence-corrected chi connectivity index (χ0v) is 22.8. The molecule has 1 saturated heterocycles. The number of Topliss-reactive ketones (excluding diaryl/α,β-unsaturated/α-hetero) is 1. The number of hydrogen-bond acceptors (Lipinski definition) is 6. The number of amides is 4. The van der Waals surface area contributed by atoms with Crippen LogP contribution in [0.5, 0.6) is 0 Å². The standard InChI is InChI=1S/C26H42N4O6.CH4/c1-24(2,3)19(29-23(35)36-25(4,5)6)22(34)30-12-14-16(26(14,7)8)17(30)21(33)28-15(11-13-9-10-13)18(31)20(27)32;/h13-17,19H,9-12H2,1-8H3,(H2,27,32)(H,28,33)(H,29,35);1H4/t14-,15?,16-,17-,19+;/m0./s1. The summed E-state index contributed by atoms with van der Waals surface area (Å²) in [5, 5.41) is 5.45. The van der Waals surface area contributed by atoms with Gasteiger partial charge in [-0.3, -0.25) is 19.2 Å². The molecule has 0 radical (unpaired) electrons. The number of fused-ring (bicyclic) bond motifs is 1. The molecule has 1 aliphatic heterocycles. The average molecular weight is 523 g/mol. The number of alkyl carbamates (subject to hydrolysis) is 1. The highest BCUT2D eigenvalue weighted by Gasteiger charge is 2.70. The van der Waals surface area contributed by atoms with Crippen molar-refractivity contribution in [1.29, 1.82) is 0 Å². The Bertz CT molecular complexity index is 944. The summed E-state index contributed by atoms with van der Waals surface area (Å²) in [4.78, 5) is 65.5. The maximum atomic E-state index is 13.8. The van der Waals surface area contributed by atoms with Gasteiger partial charge in [0, 0.05) is 6.54 Å². The van der Waals surface area contributed by atoms with E-state index in [1.54, 1.807) is 20.8 Å². The summed E-state index contributed by atoms with van der Waals surface area (Å²) < 4.78 is 5.38. The molecule has 3 fully saturated rings. The van der Waals surface area contributed by atoms with Crippen LogP contribution < -0.4 is 16.4 Å². The minimum absolute atomic E-state index is 0. The fourth-order valence-electron chi connectivity index (χ4n) is 5.40. The number of ether oxygens (including phenoxy) is 1. The van der Waals surface area contributed by atoms with E-state index in [2.05, 4.69) is 24.5 Å². The van der Waals surface area contributed by atoms with Crippen LogP contribution in [0.2, 0.25) is 0 Å². The summed E-state index contributed by atoms with van der Waals surface area (Å²) in [7, 11) is 0. The van der Waals surface area contributed by atoms with Crippen LogP contribution in [0.15, 0.2) is 0 Å². The lowest BCUT2D eigenvalue weighted by Gasteiger charge is -2.38. The molecule has 3 aliphatic rings. The molecule has 0 aromatic carbocycles. The first-order valence-corrected chi connectivity index (χ1v) is 12.8. The SMILES string of the molecule is C.CC(C)(C)OC(=O)N[C@H](C(=O)N1C[C@H]2[C@@H]([C@H]1C(=O)NC(CC1CC1)C(=O)C(N)=O)C2(C)C)C(C)(C)C. The summed E-state index contributed by atoms with van der Waals surface area (Å²) in [5.41, 5.74) is 3.70. The Labute approximate surface area is 220 Å². The topological polar surface area (TPSA) is 148 Å². The number of nitrogens with zero attached hydrogens (tertiary/aromatic N) is 1. The number of primary amides is 1. The second kappa shape index (κ2) is 10.3. The zero-order chi connectivity index (χ0) is 27.4. The molecule has 10 heteroatoms. The number of likely N-dealkylation sites (tertiary alicyclic amines) is 1. The molecular formula is C27H46N4O6. The first kappa shape index (κ1) is 30.6. The van der Waals surface area contributed by atoms with Gasteiger partial charge < -0.3 is 26.0 Å². The van der Waals surface area contributed by atoms with Crippen molar-refractivity contribution in [3.63, 3.8) is 0 Å². The Kier molecular flexibility index (Phi) is 8.47. The molecule has 0 bridgehead atoms. The quantitative estimate of drug-likeness (QED) is 0.417. The number of nitrogens with one attached hydrogen (secondary N) is 2. The molecule has 2 aliphatic carbocycles. The predicted molar refractivity (Wildman–Crippen MR) is 139 cm³/mol. The monoisotopic (exact) mass is 522 g/mol. The molecule has 1 unspecified atom stereocenters. The number of piperidine rings is 1. The number of rotatable bonds is 8. The molecule has 4 amide bonds. The van der Waals surface area contributed by atoms with E-state index in [9.17, 15) is 24.0 Å². The van der Waals surface area contributed by atoms with Crippen LogP contribution in [0, 0.1) is 28.6 Å². The van der Waals surface area contributed by atoms with Gasteiger partial charge in [-0.25, -0.2) is 4.79 Å². The van der Waals surface area contributed by atoms with Crippen LogP contribution in [0.4, 0.5) is 4.79 Å². The van der Waals surface area contributed by atoms with Crippen molar-refractivity contribution in [2.75, 3.05) is 6.54 Å². The molecule has 0 aromatic heterocycles. The first-order valence-electron chi connectivity index (χ1n) is 12.8. The highest BCUT2D eigenvalue weighted by molar-refractivity contribution is 6.37. The van der Waals surface area contributed by atoms with Gasteiger partial charge in [-0.1, -0.05) is 54.9 Å². The Hall–Kier alpha value is -2.65. The summed E-state index contributed by atoms with van der Waals surface area (Å²) in [6, 6.07) is -2.75. The van der Waals surface area contributed by atoms with E-state index in [1.165, 1.54) is 4.90 Å². The van der Waals surface area contributed by atoms with Gasteiger partial charge in [0.15, 0.2) is 0 Å². The van der Waals surface area contributed by atoms with Gasteiger partial charge in [-0.15, -0.1) is 0 Å². The van der Waals surface area contributed by atoms with Crippen molar-refractivity contribution in [1.82, 2.24) is 15.5 Å². The summed E-state index contributed by atoms with van der Waals surface area (Å²) in [6.07, 6.45) is 1.52. The van der Waals surface area contributed by atoms with Crippen LogP contribution in [0.3, 0.4) is 0 Å². The molecule has 0 spiro atoms. The van der Waals surface area contributed by atoms with Crippen molar-refractivity contribution in [2.45, 2.75) is 106 Å². The maximum Gasteiger partial charge on any atom is 0.408 e. The number of carbonyl (C=O) groups excluding carboxylic acids is 5. The van der Waals surface area contributed by atoms with Crippen molar-refractivity contribution < 1.29 is 28.7 Å². The Morgan fingerprint density at radius 1 is 1.03 bits per heavy atom. The van der Waals surface area contributed by atoms with E-state index in [1.807, 2.05) is 20.8 Å². The van der Waals surface area contributed by atoms with Gasteiger partial charge >= 0.3 is 6.09 Å². The van der Waals surface area contributed by atoms with Crippen molar-refractivity contribution >= 4 is 29.6 Å². The maximum absolute atomic E-state index is 13.8. The molecule has 4 N–H and O–H groups in total. The minimum Gasteiger partial charge on any atom is -0.444 e. The lowest BCUT2D eigenvalue weighted by molar-refractivity contribution is -0.145. The number of nitrogens with two attached hydrogens (primary N) is 1. The molecule has 5 atom stereocenters. The second-order valence-corrected chi connectivity index (χ2v) is 13.3. The fraction of sp³-hybridized carbons (Fsp3) is 0.815. The van der Waals surface area contributed by atoms with Crippen LogP contribution in [-0.4, -0.2) is 64.8 Å². The van der Waals surface area contributed by atoms with E-state index in [4.69, 9.17) is 10.5 Å². The Balaban J connectivity index is 0.00000481. The lowest BCUT2D eigenvalue weighted by Crippen LogP contribution is -2.60. The molecule has 37 heavy (non-hydrogen) atoms. The van der Waals surface area contributed by atoms with Crippen molar-refractivity contribution in [2.24, 2.45) is 34.3 Å². The third-order valence-electron chi connectivity index (χ3n) is 7.68. The van der Waals surface area contributed by atoms with E-state index in [-0.39, 0.29) is 36.5 Å². The number of ketones is 1. The third-order valence-corrected chi connectivity index (χ3v) is 7.68. The van der Waals surface area contributed by atoms with Crippen LogP contribution in [0.25, 0.3) is 0 Å². The largest absolute Gasteiger partial charge is 0.444 e. The van der Waals surface area contributed by atoms with Crippen LogP contribution in [0.1, 0.15) is 82.1 Å². The fourth-order valence-corrected chi connectivity index (χ4v) is 5.40. The second-order valence-electron chi connectivity index (χ2n) is 13.3. The molecular weight excluding hydrogens is 476 g/mol. The van der Waals surface area contributed by atoms with E-state index in [0.717, 1.165) is 12.8 Å². The molecule has 10 nitrogen and oxygen atoms in total. The predicted octanol–water partition coefficient (Wildman–Crippen LogP) is 2.38. The number of carbonyl (C=O) groups is 5. The summed E-state index contributed by atoms with van der Waals surface area (Å²) in [5.74, 6) is -2.45. The van der Waals surface area contributed by atoms with Gasteiger partial charge in [0.05, 0.1) is 6.04 Å². The molecule has 1 heterocycles. The molecule has 2 saturated carbocycles. The van der Waals surface area contributed by atoms with Gasteiger partial charge in [-0.2, -0.15) is 0 Å². The van der Waals surface area contributed by atoms with Crippen molar-refractivity contribution in [3.8, 4) is 0 Å². The average Bonchev–Trinajstić information content (AvgIpc) is 3.55. The Morgan fingerprint density at radius 3 is 2.05 bits per heavy atom. The summed E-state index contributed by atoms with van der Waals surface area (Å²) in [6.45, 7) is 15.2. The van der Waals surface area contributed by atoms with Gasteiger partial charge in [0.2, 0.25) is 17.6 Å². The van der Waals surface area contributed by atoms with Gasteiger partial charge in [0.25, 0.3) is 5.91 Å². The third kappa shape index (κ3) is 6.82. The van der Waals surface area contributed by atoms with Gasteiger partial charge in [-0.05, 0) is 55.8 Å². The smallest absolute Gasteiger partial charge is 0.408 e. The lowest BCUT2D eigenvalue weighted by atomic mass is 9.85. The van der Waals surface area contributed by atoms with Crippen LogP contribution >= 0.6 is 0 Å². The molecule has 0 aromatic rings.